The number of hydrogen-bond donors (Lipinski definition) is 3. The Labute approximate surface area is 169 Å². The summed E-state index contributed by atoms with van der Waals surface area (Å²) in [5.74, 6) is 0.881. The summed E-state index contributed by atoms with van der Waals surface area (Å²) in [5, 5.41) is 15.7. The van der Waals surface area contributed by atoms with E-state index in [-0.39, 0.29) is 49.1 Å². The third-order valence-electron chi connectivity index (χ3n) is 3.08. The lowest BCUT2D eigenvalue weighted by Gasteiger charge is -2.15. The highest BCUT2D eigenvalue weighted by molar-refractivity contribution is 14.0. The molecule has 5 nitrogen and oxygen atoms in total. The molecular weight excluding hydrogens is 462 g/mol. The summed E-state index contributed by atoms with van der Waals surface area (Å²) < 4.78 is 42.2. The van der Waals surface area contributed by atoms with E-state index >= 15 is 0 Å². The zero-order valence-electron chi connectivity index (χ0n) is 15.1. The van der Waals surface area contributed by atoms with E-state index in [4.69, 9.17) is 4.74 Å². The van der Waals surface area contributed by atoms with Crippen LogP contribution in [0.3, 0.4) is 0 Å². The van der Waals surface area contributed by atoms with Crippen LogP contribution in [0.5, 0.6) is 5.75 Å². The molecule has 0 saturated heterocycles. The summed E-state index contributed by atoms with van der Waals surface area (Å²) in [5.41, 5.74) is 0.632. The van der Waals surface area contributed by atoms with Gasteiger partial charge in [0.2, 0.25) is 0 Å². The molecule has 0 fully saturated rings. The minimum Gasteiger partial charge on any atom is -0.491 e. The lowest BCUT2D eigenvalue weighted by Crippen LogP contribution is -2.39. The molecule has 1 unspecified atom stereocenters. The van der Waals surface area contributed by atoms with Gasteiger partial charge in [0.1, 0.15) is 5.75 Å². The normalized spacial score (nSPS) is 13.2. The molecule has 1 atom stereocenters. The number of nitrogens with zero attached hydrogens (tertiary/aromatic N) is 1. The van der Waals surface area contributed by atoms with Gasteiger partial charge in [-0.05, 0) is 38.5 Å². The average Bonchev–Trinajstić information content (AvgIpc) is 2.50. The first kappa shape index (κ1) is 24.8. The molecule has 1 aromatic rings. The van der Waals surface area contributed by atoms with Gasteiger partial charge in [0.15, 0.2) is 5.96 Å². The highest BCUT2D eigenvalue weighted by Crippen LogP contribution is 2.21. The molecule has 0 aliphatic rings. The second-order valence-corrected chi connectivity index (χ2v) is 5.77. The highest BCUT2D eigenvalue weighted by atomic mass is 127. The number of hydrogen-bond acceptors (Lipinski definition) is 3. The number of halogens is 4. The lowest BCUT2D eigenvalue weighted by molar-refractivity contribution is -0.132. The third-order valence-corrected chi connectivity index (χ3v) is 3.08. The van der Waals surface area contributed by atoms with Crippen molar-refractivity contribution in [3.8, 4) is 5.75 Å². The van der Waals surface area contributed by atoms with Crippen LogP contribution >= 0.6 is 24.0 Å². The van der Waals surface area contributed by atoms with Crippen molar-refractivity contribution < 1.29 is 23.0 Å². The van der Waals surface area contributed by atoms with Gasteiger partial charge in [-0.1, -0.05) is 12.1 Å². The molecule has 0 aliphatic carbocycles. The van der Waals surface area contributed by atoms with Crippen LogP contribution in [0.2, 0.25) is 0 Å². The van der Waals surface area contributed by atoms with Crippen molar-refractivity contribution in [3.63, 3.8) is 0 Å². The molecule has 0 amide bonds. The number of nitrogens with one attached hydrogen (secondary N) is 2. The van der Waals surface area contributed by atoms with Crippen molar-refractivity contribution in [3.05, 3.63) is 29.8 Å². The number of aliphatic hydroxyl groups excluding tert-OH is 1. The van der Waals surface area contributed by atoms with Crippen molar-refractivity contribution in [2.24, 2.45) is 4.99 Å². The minimum absolute atomic E-state index is 0. The molecule has 0 radical (unpaired) electrons. The zero-order chi connectivity index (χ0) is 18.9. The van der Waals surface area contributed by atoms with E-state index < -0.39 is 18.7 Å². The smallest absolute Gasteiger partial charge is 0.390 e. The summed E-state index contributed by atoms with van der Waals surface area (Å²) in [6.45, 7) is 5.87. The minimum atomic E-state index is -4.22. The Bertz CT molecular complexity index is 554. The Balaban J connectivity index is 0.00000625. The fraction of sp³-hybridized carbons (Fsp3) is 0.588. The maximum atomic E-state index is 12.2. The molecule has 0 heterocycles. The van der Waals surface area contributed by atoms with Crippen LogP contribution in [0, 0.1) is 0 Å². The molecule has 0 bridgehead atoms. The van der Waals surface area contributed by atoms with Gasteiger partial charge in [0, 0.05) is 13.1 Å². The first-order valence-corrected chi connectivity index (χ1v) is 8.25. The Hall–Kier alpha value is -1.23. The average molecular weight is 489 g/mol. The molecule has 1 rings (SSSR count). The van der Waals surface area contributed by atoms with Gasteiger partial charge in [-0.15, -0.1) is 24.0 Å². The van der Waals surface area contributed by atoms with Gasteiger partial charge < -0.3 is 20.5 Å². The van der Waals surface area contributed by atoms with Gasteiger partial charge in [-0.25, -0.2) is 0 Å². The van der Waals surface area contributed by atoms with E-state index in [0.29, 0.717) is 17.9 Å². The zero-order valence-corrected chi connectivity index (χ0v) is 17.5. The molecule has 0 aromatic heterocycles. The lowest BCUT2D eigenvalue weighted by atomic mass is 10.1. The predicted molar refractivity (Wildman–Crippen MR) is 107 cm³/mol. The van der Waals surface area contributed by atoms with Crippen molar-refractivity contribution in [2.75, 3.05) is 19.6 Å². The third kappa shape index (κ3) is 10.7. The van der Waals surface area contributed by atoms with Crippen LogP contribution in [0.1, 0.15) is 38.9 Å². The maximum Gasteiger partial charge on any atom is 0.390 e. The van der Waals surface area contributed by atoms with Gasteiger partial charge in [-0.3, -0.25) is 4.99 Å². The second-order valence-electron chi connectivity index (χ2n) is 5.77. The summed E-state index contributed by atoms with van der Waals surface area (Å²) in [4.78, 5) is 4.14. The van der Waals surface area contributed by atoms with Crippen LogP contribution in [0.25, 0.3) is 0 Å². The quantitative estimate of drug-likeness (QED) is 0.297. The molecule has 0 saturated carbocycles. The van der Waals surface area contributed by atoms with Gasteiger partial charge >= 0.3 is 6.18 Å². The van der Waals surface area contributed by atoms with Gasteiger partial charge in [-0.2, -0.15) is 13.2 Å². The van der Waals surface area contributed by atoms with Crippen molar-refractivity contribution >= 4 is 29.9 Å². The summed E-state index contributed by atoms with van der Waals surface area (Å²) in [6.07, 6.45) is -6.03. The van der Waals surface area contributed by atoms with Crippen molar-refractivity contribution in [1.82, 2.24) is 10.6 Å². The molecule has 0 aliphatic heterocycles. The van der Waals surface area contributed by atoms with Crippen molar-refractivity contribution in [1.29, 1.82) is 0 Å². The first-order chi connectivity index (χ1) is 11.7. The van der Waals surface area contributed by atoms with Crippen molar-refractivity contribution in [2.45, 2.75) is 45.6 Å². The number of guanidine groups is 1. The fourth-order valence-electron chi connectivity index (χ4n) is 2.01. The Morgan fingerprint density at radius 1 is 1.27 bits per heavy atom. The topological polar surface area (TPSA) is 65.9 Å². The number of benzene rings is 1. The molecule has 9 heteroatoms. The van der Waals surface area contributed by atoms with E-state index in [0.717, 1.165) is 0 Å². The molecule has 26 heavy (non-hydrogen) atoms. The Morgan fingerprint density at radius 2 is 1.96 bits per heavy atom. The molecular formula is C17H27F3IN3O2. The Kier molecular flexibility index (Phi) is 11.6. The van der Waals surface area contributed by atoms with Crippen LogP contribution in [-0.4, -0.2) is 43.0 Å². The van der Waals surface area contributed by atoms with Crippen LogP contribution < -0.4 is 15.4 Å². The van der Waals surface area contributed by atoms with E-state index in [9.17, 15) is 18.3 Å². The van der Waals surface area contributed by atoms with Crippen LogP contribution in [-0.2, 0) is 0 Å². The molecule has 3 N–H and O–H groups in total. The maximum absolute atomic E-state index is 12.2. The summed E-state index contributed by atoms with van der Waals surface area (Å²) >= 11 is 0. The fourth-order valence-corrected chi connectivity index (χ4v) is 2.01. The van der Waals surface area contributed by atoms with Crippen LogP contribution in [0.15, 0.2) is 29.3 Å². The number of aliphatic imine (C=N–C) groups is 1. The van der Waals surface area contributed by atoms with Crippen LogP contribution in [0.4, 0.5) is 13.2 Å². The number of rotatable bonds is 8. The van der Waals surface area contributed by atoms with Gasteiger partial charge in [0.25, 0.3) is 0 Å². The SMILES string of the molecule is CCNC(=NCC(O)c1cccc(OC(C)C)c1)NCCC(F)(F)F.I. The van der Waals surface area contributed by atoms with E-state index in [1.165, 1.54) is 0 Å². The molecule has 150 valence electrons. The number of aliphatic hydroxyl groups is 1. The predicted octanol–water partition coefficient (Wildman–Crippen LogP) is 3.63. The first-order valence-electron chi connectivity index (χ1n) is 8.25. The second kappa shape index (κ2) is 12.2. The summed E-state index contributed by atoms with van der Waals surface area (Å²) in [6, 6.07) is 7.04. The standard InChI is InChI=1S/C17H26F3N3O2.HI/c1-4-21-16(22-9-8-17(18,19)20)23-11-15(24)13-6-5-7-14(10-13)25-12(2)3;/h5-7,10,12,15,24H,4,8-9,11H2,1-3H3,(H2,21,22,23);1H. The highest BCUT2D eigenvalue weighted by Gasteiger charge is 2.26. The molecule has 1 aromatic carbocycles. The van der Waals surface area contributed by atoms with E-state index in [1.807, 2.05) is 20.8 Å². The van der Waals surface area contributed by atoms with E-state index in [2.05, 4.69) is 15.6 Å². The summed E-state index contributed by atoms with van der Waals surface area (Å²) in [7, 11) is 0. The van der Waals surface area contributed by atoms with E-state index in [1.54, 1.807) is 24.3 Å². The molecule has 0 spiro atoms. The van der Waals surface area contributed by atoms with Gasteiger partial charge in [0.05, 0.1) is 25.2 Å². The number of ether oxygens (including phenoxy) is 1. The monoisotopic (exact) mass is 489 g/mol. The largest absolute Gasteiger partial charge is 0.491 e. The number of alkyl halides is 3. The Morgan fingerprint density at radius 3 is 2.54 bits per heavy atom.